The molecule has 1 aromatic heterocycles. The number of methoxy groups -OCH3 is 1. The zero-order chi connectivity index (χ0) is 19.1. The maximum Gasteiger partial charge on any atom is 0.233 e. The lowest BCUT2D eigenvalue weighted by molar-refractivity contribution is -0.129. The average Bonchev–Trinajstić information content (AvgIpc) is 3.07. The van der Waals surface area contributed by atoms with Crippen molar-refractivity contribution in [3.8, 4) is 11.4 Å². The van der Waals surface area contributed by atoms with Crippen molar-refractivity contribution in [2.24, 2.45) is 11.8 Å². The van der Waals surface area contributed by atoms with E-state index in [2.05, 4.69) is 32.7 Å². The van der Waals surface area contributed by atoms with E-state index >= 15 is 0 Å². The van der Waals surface area contributed by atoms with Crippen LogP contribution in [0.4, 0.5) is 0 Å². The van der Waals surface area contributed by atoms with E-state index in [0.717, 1.165) is 29.7 Å². The number of amides is 1. The highest BCUT2D eigenvalue weighted by Gasteiger charge is 2.18. The van der Waals surface area contributed by atoms with Crippen LogP contribution in [0.15, 0.2) is 41.8 Å². The van der Waals surface area contributed by atoms with Crippen molar-refractivity contribution < 1.29 is 9.53 Å². The van der Waals surface area contributed by atoms with Crippen LogP contribution in [-0.4, -0.2) is 46.3 Å². The van der Waals surface area contributed by atoms with Gasteiger partial charge in [-0.2, -0.15) is 0 Å². The fourth-order valence-corrected chi connectivity index (χ4v) is 3.61. The maximum absolute atomic E-state index is 12.7. The van der Waals surface area contributed by atoms with Crippen LogP contribution in [0.5, 0.6) is 5.75 Å². The molecule has 0 aliphatic rings. The van der Waals surface area contributed by atoms with E-state index < -0.39 is 0 Å². The second kappa shape index (κ2) is 9.67. The Kier molecular flexibility index (Phi) is 7.57. The largest absolute Gasteiger partial charge is 0.497 e. The average molecular weight is 376 g/mol. The summed E-state index contributed by atoms with van der Waals surface area (Å²) in [5.41, 5.74) is 0.970. The van der Waals surface area contributed by atoms with Crippen LogP contribution in [0.1, 0.15) is 27.7 Å². The number of hydrogen-bond acceptors (Lipinski definition) is 4. The van der Waals surface area contributed by atoms with Crippen LogP contribution in [-0.2, 0) is 4.79 Å². The molecule has 0 bridgehead atoms. The summed E-state index contributed by atoms with van der Waals surface area (Å²) in [6.07, 6.45) is 3.66. The Hall–Kier alpha value is -1.95. The van der Waals surface area contributed by atoms with Crippen LogP contribution in [0, 0.1) is 11.8 Å². The zero-order valence-electron chi connectivity index (χ0n) is 16.3. The molecular weight excluding hydrogens is 346 g/mol. The van der Waals surface area contributed by atoms with Gasteiger partial charge in [-0.05, 0) is 24.0 Å². The number of carbonyl (C=O) groups excluding carboxylic acids is 1. The van der Waals surface area contributed by atoms with E-state index in [1.807, 2.05) is 39.9 Å². The molecule has 2 rings (SSSR count). The monoisotopic (exact) mass is 375 g/mol. The minimum absolute atomic E-state index is 0.164. The molecule has 142 valence electrons. The summed E-state index contributed by atoms with van der Waals surface area (Å²) in [7, 11) is 1.65. The smallest absolute Gasteiger partial charge is 0.233 e. The lowest BCUT2D eigenvalue weighted by Crippen LogP contribution is -2.38. The standard InChI is InChI=1S/C20H29N3O2S/c1-15(2)12-22(13-16(3)4)19(24)14-26-20-21-9-10-23(20)17-7-6-8-18(11-17)25-5/h6-11,15-16H,12-14H2,1-5H3. The van der Waals surface area contributed by atoms with Gasteiger partial charge in [-0.25, -0.2) is 4.98 Å². The molecule has 0 N–H and O–H groups in total. The number of aromatic nitrogens is 2. The van der Waals surface area contributed by atoms with Crippen molar-refractivity contribution in [3.63, 3.8) is 0 Å². The van der Waals surface area contributed by atoms with Crippen LogP contribution in [0.25, 0.3) is 5.69 Å². The highest BCUT2D eigenvalue weighted by atomic mass is 32.2. The third-order valence-corrected chi connectivity index (χ3v) is 4.74. The van der Waals surface area contributed by atoms with Gasteiger partial charge in [0.2, 0.25) is 5.91 Å². The molecule has 1 aromatic carbocycles. The molecule has 2 aromatic rings. The molecule has 1 amide bonds. The van der Waals surface area contributed by atoms with Crippen molar-refractivity contribution in [1.82, 2.24) is 14.5 Å². The number of benzene rings is 1. The fraction of sp³-hybridized carbons (Fsp3) is 0.500. The van der Waals surface area contributed by atoms with Crippen LogP contribution >= 0.6 is 11.8 Å². The van der Waals surface area contributed by atoms with Crippen molar-refractivity contribution in [2.75, 3.05) is 26.0 Å². The van der Waals surface area contributed by atoms with Crippen molar-refractivity contribution in [2.45, 2.75) is 32.9 Å². The predicted molar refractivity (Wildman–Crippen MR) is 107 cm³/mol. The van der Waals surface area contributed by atoms with Gasteiger partial charge in [0.25, 0.3) is 0 Å². The molecule has 0 radical (unpaired) electrons. The Morgan fingerprint density at radius 3 is 2.54 bits per heavy atom. The summed E-state index contributed by atoms with van der Waals surface area (Å²) >= 11 is 1.47. The number of nitrogens with zero attached hydrogens (tertiary/aromatic N) is 3. The van der Waals surface area contributed by atoms with E-state index in [9.17, 15) is 4.79 Å². The first-order chi connectivity index (χ1) is 12.4. The number of thioether (sulfide) groups is 1. The summed E-state index contributed by atoms with van der Waals surface area (Å²) in [5, 5.41) is 0.806. The summed E-state index contributed by atoms with van der Waals surface area (Å²) in [4.78, 5) is 19.1. The molecule has 0 aliphatic carbocycles. The Bertz CT molecular complexity index is 703. The Morgan fingerprint density at radius 2 is 1.92 bits per heavy atom. The normalized spacial score (nSPS) is 11.2. The Balaban J connectivity index is 2.07. The van der Waals surface area contributed by atoms with Crippen molar-refractivity contribution >= 4 is 17.7 Å². The molecule has 0 atom stereocenters. The molecule has 0 saturated carbocycles. The predicted octanol–water partition coefficient (Wildman–Crippen LogP) is 4.11. The molecule has 0 aliphatic heterocycles. The van der Waals surface area contributed by atoms with E-state index in [1.165, 1.54) is 11.8 Å². The summed E-state index contributed by atoms with van der Waals surface area (Å²) in [6.45, 7) is 10.2. The molecular formula is C20H29N3O2S. The SMILES string of the molecule is COc1cccc(-n2ccnc2SCC(=O)N(CC(C)C)CC(C)C)c1. The van der Waals surface area contributed by atoms with E-state index in [-0.39, 0.29) is 5.91 Å². The number of rotatable bonds is 9. The molecule has 1 heterocycles. The molecule has 26 heavy (non-hydrogen) atoms. The maximum atomic E-state index is 12.7. The fourth-order valence-electron chi connectivity index (χ4n) is 2.73. The first-order valence-corrected chi connectivity index (χ1v) is 9.97. The zero-order valence-corrected chi connectivity index (χ0v) is 17.1. The second-order valence-corrected chi connectivity index (χ2v) is 8.10. The van der Waals surface area contributed by atoms with Gasteiger partial charge < -0.3 is 9.64 Å². The van der Waals surface area contributed by atoms with E-state index in [0.29, 0.717) is 17.6 Å². The molecule has 5 nitrogen and oxygen atoms in total. The van der Waals surface area contributed by atoms with Gasteiger partial charge in [0.1, 0.15) is 5.75 Å². The summed E-state index contributed by atoms with van der Waals surface area (Å²) in [6, 6.07) is 7.81. The van der Waals surface area contributed by atoms with Crippen molar-refractivity contribution in [1.29, 1.82) is 0 Å². The lowest BCUT2D eigenvalue weighted by Gasteiger charge is -2.26. The minimum Gasteiger partial charge on any atom is -0.497 e. The highest BCUT2D eigenvalue weighted by Crippen LogP contribution is 2.23. The van der Waals surface area contributed by atoms with E-state index in [1.54, 1.807) is 13.3 Å². The molecule has 0 fully saturated rings. The van der Waals surface area contributed by atoms with Gasteiger partial charge in [-0.3, -0.25) is 9.36 Å². The quantitative estimate of drug-likeness (QED) is 0.619. The van der Waals surface area contributed by atoms with Crippen LogP contribution in [0.2, 0.25) is 0 Å². The van der Waals surface area contributed by atoms with Gasteiger partial charge in [-0.15, -0.1) is 0 Å². The van der Waals surface area contributed by atoms with Crippen LogP contribution in [0.3, 0.4) is 0 Å². The third kappa shape index (κ3) is 5.80. The van der Waals surface area contributed by atoms with Gasteiger partial charge in [-0.1, -0.05) is 45.5 Å². The number of ether oxygens (including phenoxy) is 1. The lowest BCUT2D eigenvalue weighted by atomic mass is 10.1. The second-order valence-electron chi connectivity index (χ2n) is 7.16. The van der Waals surface area contributed by atoms with E-state index in [4.69, 9.17) is 4.74 Å². The van der Waals surface area contributed by atoms with Crippen molar-refractivity contribution in [3.05, 3.63) is 36.7 Å². The molecule has 6 heteroatoms. The molecule has 0 spiro atoms. The summed E-state index contributed by atoms with van der Waals surface area (Å²) in [5.74, 6) is 2.27. The van der Waals surface area contributed by atoms with Gasteiger partial charge in [0.05, 0.1) is 18.6 Å². The minimum atomic E-state index is 0.164. The highest BCUT2D eigenvalue weighted by molar-refractivity contribution is 7.99. The molecule has 0 unspecified atom stereocenters. The first-order valence-electron chi connectivity index (χ1n) is 8.99. The molecule has 0 saturated heterocycles. The number of carbonyl (C=O) groups is 1. The van der Waals surface area contributed by atoms with Gasteiger partial charge in [0.15, 0.2) is 5.16 Å². The number of imidazole rings is 1. The Labute approximate surface area is 160 Å². The number of hydrogen-bond donors (Lipinski definition) is 0. The van der Waals surface area contributed by atoms with Crippen LogP contribution < -0.4 is 4.74 Å². The topological polar surface area (TPSA) is 47.4 Å². The Morgan fingerprint density at radius 1 is 1.23 bits per heavy atom. The van der Waals surface area contributed by atoms with Gasteiger partial charge in [0, 0.05) is 31.5 Å². The first kappa shape index (κ1) is 20.4. The van der Waals surface area contributed by atoms with Gasteiger partial charge >= 0.3 is 0 Å². The summed E-state index contributed by atoms with van der Waals surface area (Å²) < 4.78 is 7.28. The third-order valence-electron chi connectivity index (χ3n) is 3.79.